The van der Waals surface area contributed by atoms with Crippen molar-refractivity contribution < 1.29 is 32.0 Å². The molecule has 1 saturated heterocycles. The Hall–Kier alpha value is -2.17. The van der Waals surface area contributed by atoms with Gasteiger partial charge in [0.1, 0.15) is 0 Å². The number of halogens is 4. The molecule has 1 N–H and O–H groups in total. The zero-order valence-corrected chi connectivity index (χ0v) is 13.9. The van der Waals surface area contributed by atoms with Gasteiger partial charge in [0.25, 0.3) is 5.91 Å². The lowest BCUT2D eigenvalue weighted by Crippen LogP contribution is -2.39. The Bertz CT molecular complexity index is 791. The van der Waals surface area contributed by atoms with Crippen LogP contribution >= 0.6 is 11.6 Å². The van der Waals surface area contributed by atoms with Crippen molar-refractivity contribution in [2.24, 2.45) is 0 Å². The van der Waals surface area contributed by atoms with Gasteiger partial charge in [0.2, 0.25) is 5.82 Å². The number of carbonyl (C=O) groups excluding carboxylic acids is 1. The van der Waals surface area contributed by atoms with Crippen molar-refractivity contribution in [2.75, 3.05) is 26.4 Å². The molecule has 26 heavy (non-hydrogen) atoms. The van der Waals surface area contributed by atoms with Gasteiger partial charge in [-0.3, -0.25) is 4.79 Å². The molecule has 0 saturated carbocycles. The number of aromatic nitrogens is 2. The molecular weight excluding hydrogens is 379 g/mol. The number of nitrogens with one attached hydrogen (secondary N) is 1. The molecule has 7 nitrogen and oxygen atoms in total. The van der Waals surface area contributed by atoms with Gasteiger partial charge in [-0.2, -0.15) is 18.2 Å². The summed E-state index contributed by atoms with van der Waals surface area (Å²) in [5.74, 6) is -2.18. The molecule has 1 aliphatic heterocycles. The van der Waals surface area contributed by atoms with Gasteiger partial charge in [-0.05, 0) is 12.1 Å². The molecule has 0 aliphatic carbocycles. The Balaban J connectivity index is 1.68. The highest BCUT2D eigenvalue weighted by molar-refractivity contribution is 6.34. The molecule has 11 heteroatoms. The smallest absolute Gasteiger partial charge is 0.376 e. The van der Waals surface area contributed by atoms with Gasteiger partial charge in [-0.25, -0.2) is 0 Å². The predicted molar refractivity (Wildman–Crippen MR) is 82.6 cm³/mol. The fourth-order valence-corrected chi connectivity index (χ4v) is 2.52. The predicted octanol–water partition coefficient (Wildman–Crippen LogP) is 2.55. The van der Waals surface area contributed by atoms with Gasteiger partial charge in [0, 0.05) is 12.1 Å². The first-order valence-electron chi connectivity index (χ1n) is 7.53. The number of nitrogens with zero attached hydrogens (tertiary/aromatic N) is 2. The standard InChI is InChI=1S/C15H13ClF3N3O4/c16-11-5-8(12-21-14(26-22-12)15(17,18)19)1-2-10(11)13(23)20-6-9-7-24-3-4-25-9/h1-2,5,9H,3-4,6-7H2,(H,20,23). The summed E-state index contributed by atoms with van der Waals surface area (Å²) in [6.45, 7) is 1.60. The number of hydrogen-bond acceptors (Lipinski definition) is 6. The lowest BCUT2D eigenvalue weighted by Gasteiger charge is -2.23. The van der Waals surface area contributed by atoms with Crippen LogP contribution in [0, 0.1) is 0 Å². The molecule has 0 radical (unpaired) electrons. The third-order valence-corrected chi connectivity index (χ3v) is 3.83. The Kier molecular flexibility index (Phi) is 5.44. The minimum atomic E-state index is -4.74. The van der Waals surface area contributed by atoms with Crippen molar-refractivity contribution in [2.45, 2.75) is 12.3 Å². The zero-order valence-electron chi connectivity index (χ0n) is 13.2. The van der Waals surface area contributed by atoms with Crippen molar-refractivity contribution in [3.05, 3.63) is 34.7 Å². The molecule has 0 bridgehead atoms. The van der Waals surface area contributed by atoms with Gasteiger partial charge in [-0.1, -0.05) is 22.8 Å². The number of alkyl halides is 3. The van der Waals surface area contributed by atoms with E-state index in [1.54, 1.807) is 0 Å². The molecule has 1 aromatic heterocycles. The van der Waals surface area contributed by atoms with E-state index in [1.807, 2.05) is 0 Å². The van der Waals surface area contributed by atoms with E-state index in [0.29, 0.717) is 19.8 Å². The van der Waals surface area contributed by atoms with Crippen molar-refractivity contribution in [3.8, 4) is 11.4 Å². The van der Waals surface area contributed by atoms with Gasteiger partial charge >= 0.3 is 12.1 Å². The molecule has 2 aromatic rings. The SMILES string of the molecule is O=C(NCC1COCCO1)c1ccc(-c2noc(C(F)(F)F)n2)cc1Cl. The number of benzene rings is 1. The summed E-state index contributed by atoms with van der Waals surface area (Å²) in [5, 5.41) is 5.98. The van der Waals surface area contributed by atoms with Crippen molar-refractivity contribution in [1.29, 1.82) is 0 Å². The van der Waals surface area contributed by atoms with Crippen LogP contribution in [0.2, 0.25) is 5.02 Å². The monoisotopic (exact) mass is 391 g/mol. The second kappa shape index (κ2) is 7.60. The van der Waals surface area contributed by atoms with Crippen LogP contribution in [0.5, 0.6) is 0 Å². The second-order valence-electron chi connectivity index (χ2n) is 5.39. The van der Waals surface area contributed by atoms with E-state index in [9.17, 15) is 18.0 Å². The third-order valence-electron chi connectivity index (χ3n) is 3.52. The zero-order chi connectivity index (χ0) is 18.7. The first-order chi connectivity index (χ1) is 12.3. The van der Waals surface area contributed by atoms with E-state index in [4.69, 9.17) is 21.1 Å². The van der Waals surface area contributed by atoms with Crippen LogP contribution in [-0.2, 0) is 15.7 Å². The molecule has 1 aromatic carbocycles. The summed E-state index contributed by atoms with van der Waals surface area (Å²) >= 11 is 6.07. The molecule has 140 valence electrons. The normalized spacial score (nSPS) is 17.9. The highest BCUT2D eigenvalue weighted by Crippen LogP contribution is 2.30. The molecule has 1 amide bonds. The summed E-state index contributed by atoms with van der Waals surface area (Å²) in [7, 11) is 0. The molecule has 1 fully saturated rings. The second-order valence-corrected chi connectivity index (χ2v) is 5.80. The average molecular weight is 392 g/mol. The molecule has 1 unspecified atom stereocenters. The topological polar surface area (TPSA) is 86.5 Å². The van der Waals surface area contributed by atoms with Gasteiger partial charge < -0.3 is 19.3 Å². The number of ether oxygens (including phenoxy) is 2. The number of hydrogen-bond donors (Lipinski definition) is 1. The minimum absolute atomic E-state index is 0.0409. The van der Waals surface area contributed by atoms with E-state index in [0.717, 1.165) is 0 Å². The van der Waals surface area contributed by atoms with Crippen LogP contribution in [0.15, 0.2) is 22.7 Å². The lowest BCUT2D eigenvalue weighted by molar-refractivity contribution is -0.159. The van der Waals surface area contributed by atoms with E-state index in [2.05, 4.69) is 20.0 Å². The van der Waals surface area contributed by atoms with Gasteiger partial charge in [-0.15, -0.1) is 0 Å². The van der Waals surface area contributed by atoms with E-state index >= 15 is 0 Å². The number of amides is 1. The maximum Gasteiger partial charge on any atom is 0.471 e. The summed E-state index contributed by atoms with van der Waals surface area (Å²) in [4.78, 5) is 15.5. The molecular formula is C15H13ClF3N3O4. The van der Waals surface area contributed by atoms with Crippen LogP contribution in [0.25, 0.3) is 11.4 Å². The lowest BCUT2D eigenvalue weighted by atomic mass is 10.1. The van der Waals surface area contributed by atoms with Crippen molar-refractivity contribution in [3.63, 3.8) is 0 Å². The molecule has 3 rings (SSSR count). The quantitative estimate of drug-likeness (QED) is 0.862. The Morgan fingerprint density at radius 1 is 1.35 bits per heavy atom. The largest absolute Gasteiger partial charge is 0.471 e. The fraction of sp³-hybridized carbons (Fsp3) is 0.400. The van der Waals surface area contributed by atoms with Crippen LogP contribution in [0.3, 0.4) is 0 Å². The van der Waals surface area contributed by atoms with Crippen LogP contribution in [0.1, 0.15) is 16.2 Å². The maximum absolute atomic E-state index is 12.5. The fourth-order valence-electron chi connectivity index (χ4n) is 2.25. The molecule has 2 heterocycles. The minimum Gasteiger partial charge on any atom is -0.376 e. The third kappa shape index (κ3) is 4.32. The highest BCUT2D eigenvalue weighted by atomic mass is 35.5. The Morgan fingerprint density at radius 2 is 2.15 bits per heavy atom. The summed E-state index contributed by atoms with van der Waals surface area (Å²) in [6.07, 6.45) is -4.98. The van der Waals surface area contributed by atoms with Crippen LogP contribution in [-0.4, -0.2) is 48.5 Å². The first kappa shape index (κ1) is 18.6. The molecule has 1 atom stereocenters. The van der Waals surface area contributed by atoms with E-state index < -0.39 is 18.0 Å². The van der Waals surface area contributed by atoms with Crippen molar-refractivity contribution >= 4 is 17.5 Å². The van der Waals surface area contributed by atoms with Crippen molar-refractivity contribution in [1.82, 2.24) is 15.5 Å². The van der Waals surface area contributed by atoms with Gasteiger partial charge in [0.05, 0.1) is 36.5 Å². The van der Waals surface area contributed by atoms with Crippen LogP contribution < -0.4 is 5.32 Å². The molecule has 0 spiro atoms. The Labute approximate surface area is 150 Å². The van der Waals surface area contributed by atoms with Crippen LogP contribution in [0.4, 0.5) is 13.2 Å². The molecule has 1 aliphatic rings. The van der Waals surface area contributed by atoms with E-state index in [-0.39, 0.29) is 34.6 Å². The van der Waals surface area contributed by atoms with E-state index in [1.165, 1.54) is 18.2 Å². The summed E-state index contributed by atoms with van der Waals surface area (Å²) in [5.41, 5.74) is 0.349. The number of rotatable bonds is 4. The van der Waals surface area contributed by atoms with Gasteiger partial charge in [0.15, 0.2) is 0 Å². The Morgan fingerprint density at radius 3 is 2.77 bits per heavy atom. The summed E-state index contributed by atoms with van der Waals surface area (Å²) < 4.78 is 52.3. The average Bonchev–Trinajstić information content (AvgIpc) is 3.11. The maximum atomic E-state index is 12.5. The number of carbonyl (C=O) groups is 1. The summed E-state index contributed by atoms with van der Waals surface area (Å²) in [6, 6.07) is 4.04. The first-order valence-corrected chi connectivity index (χ1v) is 7.91. The highest BCUT2D eigenvalue weighted by Gasteiger charge is 2.38.